The summed E-state index contributed by atoms with van der Waals surface area (Å²) in [6.45, 7) is 10.7. The highest BCUT2D eigenvalue weighted by Crippen LogP contribution is 2.16. The normalized spacial score (nSPS) is 11.8. The van der Waals surface area contributed by atoms with E-state index in [1.165, 1.54) is 0 Å². The van der Waals surface area contributed by atoms with Crippen LogP contribution in [0.3, 0.4) is 0 Å². The van der Waals surface area contributed by atoms with Gasteiger partial charge < -0.3 is 15.0 Å². The molecule has 0 aliphatic heterocycles. The Morgan fingerprint density at radius 3 is 2.59 bits per heavy atom. The van der Waals surface area contributed by atoms with Gasteiger partial charge in [-0.1, -0.05) is 33.8 Å². The fraction of sp³-hybridized carbons (Fsp3) is 0.611. The lowest BCUT2D eigenvalue weighted by Crippen LogP contribution is -2.39. The van der Waals surface area contributed by atoms with Gasteiger partial charge in [-0.2, -0.15) is 0 Å². The van der Waals surface area contributed by atoms with E-state index in [1.807, 2.05) is 32.3 Å². The van der Waals surface area contributed by atoms with Crippen molar-refractivity contribution in [3.8, 4) is 5.75 Å². The number of benzene rings is 1. The first kappa shape index (κ1) is 18.5. The van der Waals surface area contributed by atoms with Crippen LogP contribution in [0.1, 0.15) is 38.1 Å². The van der Waals surface area contributed by atoms with Gasteiger partial charge in [0, 0.05) is 18.7 Å². The van der Waals surface area contributed by atoms with E-state index >= 15 is 0 Å². The van der Waals surface area contributed by atoms with Gasteiger partial charge in [-0.25, -0.2) is 0 Å². The van der Waals surface area contributed by atoms with Gasteiger partial charge in [-0.15, -0.1) is 0 Å². The highest BCUT2D eigenvalue weighted by Gasteiger charge is 2.20. The van der Waals surface area contributed by atoms with Gasteiger partial charge in [-0.3, -0.25) is 4.79 Å². The third-order valence-corrected chi connectivity index (χ3v) is 3.15. The molecule has 0 spiro atoms. The van der Waals surface area contributed by atoms with Crippen LogP contribution in [0.2, 0.25) is 0 Å². The monoisotopic (exact) mass is 306 g/mol. The molecule has 0 bridgehead atoms. The highest BCUT2D eigenvalue weighted by molar-refractivity contribution is 5.94. The van der Waals surface area contributed by atoms with Crippen LogP contribution >= 0.6 is 0 Å². The molecule has 0 aliphatic rings. The third kappa shape index (κ3) is 6.94. The Hall–Kier alpha value is -1.55. The lowest BCUT2D eigenvalue weighted by molar-refractivity contribution is 0.0928. The summed E-state index contributed by atoms with van der Waals surface area (Å²) < 4.78 is 5.67. The van der Waals surface area contributed by atoms with Gasteiger partial charge in [-0.05, 0) is 43.6 Å². The fourth-order valence-electron chi connectivity index (χ4n) is 2.32. The molecule has 0 heterocycles. The van der Waals surface area contributed by atoms with E-state index in [0.29, 0.717) is 24.6 Å². The van der Waals surface area contributed by atoms with Gasteiger partial charge in [0.15, 0.2) is 0 Å². The number of rotatable bonds is 8. The molecule has 0 radical (unpaired) electrons. The van der Waals surface area contributed by atoms with Gasteiger partial charge >= 0.3 is 0 Å². The van der Waals surface area contributed by atoms with E-state index < -0.39 is 0 Å². The molecule has 1 aromatic rings. The molecule has 0 fully saturated rings. The lowest BCUT2D eigenvalue weighted by Gasteiger charge is -2.28. The van der Waals surface area contributed by atoms with Crippen LogP contribution in [0.25, 0.3) is 0 Å². The van der Waals surface area contributed by atoms with Crippen LogP contribution in [0.4, 0.5) is 0 Å². The zero-order chi connectivity index (χ0) is 16.8. The maximum atomic E-state index is 12.3. The second-order valence-electron chi connectivity index (χ2n) is 7.32. The minimum Gasteiger partial charge on any atom is -0.493 e. The van der Waals surface area contributed by atoms with Crippen molar-refractivity contribution in [1.82, 2.24) is 10.2 Å². The molecular weight excluding hydrogens is 276 g/mol. The van der Waals surface area contributed by atoms with Gasteiger partial charge in [0.1, 0.15) is 5.75 Å². The maximum Gasteiger partial charge on any atom is 0.251 e. The first-order valence-corrected chi connectivity index (χ1v) is 7.85. The lowest BCUT2D eigenvalue weighted by atomic mass is 9.93. The molecule has 0 atom stereocenters. The molecule has 0 unspecified atom stereocenters. The van der Waals surface area contributed by atoms with Crippen molar-refractivity contribution in [2.75, 3.05) is 33.8 Å². The number of hydrogen-bond acceptors (Lipinski definition) is 3. The summed E-state index contributed by atoms with van der Waals surface area (Å²) in [5.74, 6) is 1.15. The molecule has 22 heavy (non-hydrogen) atoms. The van der Waals surface area contributed by atoms with Crippen molar-refractivity contribution in [2.24, 2.45) is 11.3 Å². The summed E-state index contributed by atoms with van der Waals surface area (Å²) >= 11 is 0. The van der Waals surface area contributed by atoms with E-state index in [4.69, 9.17) is 4.74 Å². The third-order valence-electron chi connectivity index (χ3n) is 3.15. The molecule has 0 aliphatic carbocycles. The molecule has 1 rings (SSSR count). The van der Waals surface area contributed by atoms with E-state index in [1.54, 1.807) is 6.07 Å². The number of amides is 1. The molecule has 0 saturated carbocycles. The van der Waals surface area contributed by atoms with Crippen molar-refractivity contribution in [2.45, 2.75) is 27.7 Å². The summed E-state index contributed by atoms with van der Waals surface area (Å²) in [6.07, 6.45) is 0. The van der Waals surface area contributed by atoms with Crippen molar-refractivity contribution < 1.29 is 9.53 Å². The van der Waals surface area contributed by atoms with E-state index in [0.717, 1.165) is 12.3 Å². The molecule has 1 aromatic carbocycles. The summed E-state index contributed by atoms with van der Waals surface area (Å²) in [5, 5.41) is 3.02. The molecule has 4 heteroatoms. The fourth-order valence-corrected chi connectivity index (χ4v) is 2.32. The zero-order valence-electron chi connectivity index (χ0n) is 14.8. The smallest absolute Gasteiger partial charge is 0.251 e. The molecule has 0 saturated heterocycles. The van der Waals surface area contributed by atoms with Crippen LogP contribution < -0.4 is 10.1 Å². The molecule has 0 aromatic heterocycles. The second-order valence-corrected chi connectivity index (χ2v) is 7.32. The molecule has 4 nitrogen and oxygen atoms in total. The summed E-state index contributed by atoms with van der Waals surface area (Å²) in [6, 6.07) is 7.36. The average Bonchev–Trinajstić information content (AvgIpc) is 2.41. The Labute approximate surface area is 134 Å². The average molecular weight is 306 g/mol. The number of ether oxygens (including phenoxy) is 1. The Morgan fingerprint density at radius 2 is 2.00 bits per heavy atom. The minimum absolute atomic E-state index is 0.0327. The van der Waals surface area contributed by atoms with E-state index in [2.05, 4.69) is 37.9 Å². The van der Waals surface area contributed by atoms with Crippen LogP contribution in [0.15, 0.2) is 24.3 Å². The van der Waals surface area contributed by atoms with E-state index in [-0.39, 0.29) is 11.3 Å². The standard InChI is InChI=1S/C18H30N2O2/c1-14(2)11-22-16-9-7-8-15(10-16)17(21)19-12-18(3,4)13-20(5)6/h7-10,14H,11-13H2,1-6H3,(H,19,21). The van der Waals surface area contributed by atoms with Crippen LogP contribution in [-0.2, 0) is 0 Å². The Kier molecular flexibility index (Phi) is 6.88. The molecule has 1 amide bonds. The SMILES string of the molecule is CC(C)COc1cccc(C(=O)NCC(C)(C)CN(C)C)c1. The van der Waals surface area contributed by atoms with Crippen molar-refractivity contribution in [1.29, 1.82) is 0 Å². The highest BCUT2D eigenvalue weighted by atomic mass is 16.5. The zero-order valence-corrected chi connectivity index (χ0v) is 14.8. The topological polar surface area (TPSA) is 41.6 Å². The largest absolute Gasteiger partial charge is 0.493 e. The predicted octanol–water partition coefficient (Wildman–Crippen LogP) is 3.04. The summed E-state index contributed by atoms with van der Waals surface area (Å²) in [7, 11) is 4.08. The van der Waals surface area contributed by atoms with Gasteiger partial charge in [0.25, 0.3) is 5.91 Å². The quantitative estimate of drug-likeness (QED) is 0.802. The summed E-state index contributed by atoms with van der Waals surface area (Å²) in [4.78, 5) is 14.4. The van der Waals surface area contributed by atoms with Crippen LogP contribution in [0.5, 0.6) is 5.75 Å². The number of hydrogen-bond donors (Lipinski definition) is 1. The number of nitrogens with zero attached hydrogens (tertiary/aromatic N) is 1. The van der Waals surface area contributed by atoms with Crippen molar-refractivity contribution in [3.05, 3.63) is 29.8 Å². The van der Waals surface area contributed by atoms with Crippen LogP contribution in [0, 0.1) is 11.3 Å². The Balaban J connectivity index is 2.60. The van der Waals surface area contributed by atoms with Crippen molar-refractivity contribution in [3.63, 3.8) is 0 Å². The van der Waals surface area contributed by atoms with Crippen molar-refractivity contribution >= 4 is 5.91 Å². The maximum absolute atomic E-state index is 12.3. The molecule has 124 valence electrons. The van der Waals surface area contributed by atoms with E-state index in [9.17, 15) is 4.79 Å². The number of nitrogens with one attached hydrogen (secondary N) is 1. The minimum atomic E-state index is -0.0539. The first-order chi connectivity index (χ1) is 10.2. The number of carbonyl (C=O) groups excluding carboxylic acids is 1. The number of carbonyl (C=O) groups is 1. The van der Waals surface area contributed by atoms with Crippen LogP contribution in [-0.4, -0.2) is 44.6 Å². The summed E-state index contributed by atoms with van der Waals surface area (Å²) in [5.41, 5.74) is 0.673. The molecule has 1 N–H and O–H groups in total. The predicted molar refractivity (Wildman–Crippen MR) is 91.4 cm³/mol. The second kappa shape index (κ2) is 8.18. The Morgan fingerprint density at radius 1 is 1.32 bits per heavy atom. The Bertz CT molecular complexity index is 482. The molecular formula is C18H30N2O2. The first-order valence-electron chi connectivity index (χ1n) is 7.85. The van der Waals surface area contributed by atoms with Gasteiger partial charge in [0.2, 0.25) is 0 Å². The van der Waals surface area contributed by atoms with Gasteiger partial charge in [0.05, 0.1) is 6.61 Å².